The lowest BCUT2D eigenvalue weighted by Gasteiger charge is -2.33. The third-order valence-electron chi connectivity index (χ3n) is 5.16. The van der Waals surface area contributed by atoms with Gasteiger partial charge in [0, 0.05) is 36.3 Å². The number of carbonyl (C=O) groups excluding carboxylic acids is 1. The van der Waals surface area contributed by atoms with Crippen LogP contribution in [0.3, 0.4) is 0 Å². The number of fused-ring (bicyclic) bond motifs is 1. The van der Waals surface area contributed by atoms with Crippen molar-refractivity contribution in [3.63, 3.8) is 0 Å². The van der Waals surface area contributed by atoms with Crippen LogP contribution in [0.4, 0.5) is 5.69 Å². The quantitative estimate of drug-likeness (QED) is 0.454. The second-order valence-corrected chi connectivity index (χ2v) is 8.67. The van der Waals surface area contributed by atoms with Crippen molar-refractivity contribution in [3.05, 3.63) is 62.2 Å². The van der Waals surface area contributed by atoms with Crippen LogP contribution in [0.25, 0.3) is 11.0 Å². The van der Waals surface area contributed by atoms with Gasteiger partial charge >= 0.3 is 5.97 Å². The van der Waals surface area contributed by atoms with E-state index in [2.05, 4.69) is 21.2 Å². The molecule has 1 saturated heterocycles. The van der Waals surface area contributed by atoms with Crippen LogP contribution in [0, 0.1) is 0 Å². The summed E-state index contributed by atoms with van der Waals surface area (Å²) in [7, 11) is 0. The molecule has 1 aliphatic heterocycles. The van der Waals surface area contributed by atoms with Gasteiger partial charge in [-0.05, 0) is 53.0 Å². The predicted molar refractivity (Wildman–Crippen MR) is 120 cm³/mol. The fraction of sp³-hybridized carbons (Fsp3) is 0.238. The molecule has 2 N–H and O–H groups in total. The molecule has 1 fully saturated rings. The molecule has 0 unspecified atom stereocenters. The number of hydrogen-bond donors (Lipinski definition) is 2. The van der Waals surface area contributed by atoms with Gasteiger partial charge in [0.25, 0.3) is 5.91 Å². The maximum atomic E-state index is 12.8. The van der Waals surface area contributed by atoms with Gasteiger partial charge in [-0.2, -0.15) is 0 Å². The highest BCUT2D eigenvalue weighted by molar-refractivity contribution is 9.10. The van der Waals surface area contributed by atoms with E-state index in [1.54, 1.807) is 29.2 Å². The molecule has 9 heteroatoms. The molecule has 0 spiro atoms. The zero-order valence-electron chi connectivity index (χ0n) is 15.6. The van der Waals surface area contributed by atoms with Gasteiger partial charge in [0.05, 0.1) is 20.1 Å². The first-order chi connectivity index (χ1) is 14.3. The smallest absolute Gasteiger partial charge is 0.371 e. The third-order valence-corrected chi connectivity index (χ3v) is 6.65. The lowest BCUT2D eigenvalue weighted by molar-refractivity contribution is 0.0663. The summed E-state index contributed by atoms with van der Waals surface area (Å²) in [4.78, 5) is 25.7. The molecule has 0 saturated carbocycles. The second-order valence-electron chi connectivity index (χ2n) is 7.06. The molecule has 1 amide bonds. The van der Waals surface area contributed by atoms with Crippen LogP contribution >= 0.6 is 39.1 Å². The third kappa shape index (κ3) is 4.02. The molecule has 3 aromatic rings. The Balaban J connectivity index is 1.44. The number of carboxylic acids is 1. The number of rotatable bonds is 4. The minimum Gasteiger partial charge on any atom is -0.475 e. The van der Waals surface area contributed by atoms with Crippen molar-refractivity contribution < 1.29 is 19.1 Å². The van der Waals surface area contributed by atoms with Crippen molar-refractivity contribution in [3.8, 4) is 0 Å². The number of anilines is 1. The van der Waals surface area contributed by atoms with E-state index in [4.69, 9.17) is 32.7 Å². The molecule has 2 heterocycles. The van der Waals surface area contributed by atoms with Gasteiger partial charge in [-0.3, -0.25) is 4.79 Å². The van der Waals surface area contributed by atoms with E-state index >= 15 is 0 Å². The molecule has 4 rings (SSSR count). The van der Waals surface area contributed by atoms with E-state index in [0.717, 1.165) is 23.0 Å². The first-order valence-corrected chi connectivity index (χ1v) is 10.8. The summed E-state index contributed by atoms with van der Waals surface area (Å²) in [5, 5.41) is 14.0. The predicted octanol–water partition coefficient (Wildman–Crippen LogP) is 5.92. The Labute approximate surface area is 190 Å². The summed E-state index contributed by atoms with van der Waals surface area (Å²) in [5.41, 5.74) is 1.69. The van der Waals surface area contributed by atoms with E-state index < -0.39 is 5.97 Å². The number of amides is 1. The van der Waals surface area contributed by atoms with Crippen LogP contribution in [-0.2, 0) is 0 Å². The summed E-state index contributed by atoms with van der Waals surface area (Å²) in [5.74, 6) is -1.37. The van der Waals surface area contributed by atoms with Crippen molar-refractivity contribution in [2.75, 3.05) is 18.4 Å². The first kappa shape index (κ1) is 21.0. The number of piperidine rings is 1. The fourth-order valence-corrected chi connectivity index (χ4v) is 4.72. The van der Waals surface area contributed by atoms with Crippen LogP contribution in [-0.4, -0.2) is 41.0 Å². The van der Waals surface area contributed by atoms with E-state index in [1.165, 1.54) is 6.07 Å². The number of aromatic carboxylic acids is 1. The number of halogens is 3. The van der Waals surface area contributed by atoms with Crippen molar-refractivity contribution >= 4 is 67.7 Å². The van der Waals surface area contributed by atoms with Gasteiger partial charge < -0.3 is 19.7 Å². The SMILES string of the molecule is O=C(O)c1cc2c(Br)c(NC3CCN(C(=O)c4c(Cl)cccc4Cl)CC3)ccc2o1. The Bertz CT molecular complexity index is 1120. The number of likely N-dealkylation sites (tertiary alicyclic amines) is 1. The number of hydrogen-bond acceptors (Lipinski definition) is 4. The lowest BCUT2D eigenvalue weighted by Crippen LogP contribution is -2.42. The molecule has 0 aliphatic carbocycles. The second kappa shape index (κ2) is 8.49. The number of nitrogens with one attached hydrogen (secondary N) is 1. The van der Waals surface area contributed by atoms with Gasteiger partial charge in [-0.25, -0.2) is 4.79 Å². The average molecular weight is 512 g/mol. The molecule has 30 heavy (non-hydrogen) atoms. The van der Waals surface area contributed by atoms with E-state index in [9.17, 15) is 9.59 Å². The largest absolute Gasteiger partial charge is 0.475 e. The Hall–Kier alpha value is -2.22. The van der Waals surface area contributed by atoms with Crippen LogP contribution in [0.1, 0.15) is 33.8 Å². The molecule has 1 aliphatic rings. The van der Waals surface area contributed by atoms with Crippen molar-refractivity contribution in [1.29, 1.82) is 0 Å². The van der Waals surface area contributed by atoms with Gasteiger partial charge in [-0.1, -0.05) is 29.3 Å². The van der Waals surface area contributed by atoms with Gasteiger partial charge in [0.2, 0.25) is 5.76 Å². The maximum Gasteiger partial charge on any atom is 0.371 e. The molecule has 1 aromatic heterocycles. The highest BCUT2D eigenvalue weighted by atomic mass is 79.9. The normalized spacial score (nSPS) is 14.8. The zero-order valence-corrected chi connectivity index (χ0v) is 18.7. The standard InChI is InChI=1S/C21H17BrCl2N2O4/c22-19-12-10-17(21(28)29)30-16(12)5-4-15(19)25-11-6-8-26(9-7-11)20(27)18-13(23)2-1-3-14(18)24/h1-5,10-11,25H,6-9H2,(H,28,29). The van der Waals surface area contributed by atoms with Crippen LogP contribution < -0.4 is 5.32 Å². The lowest BCUT2D eigenvalue weighted by atomic mass is 10.0. The minimum atomic E-state index is -1.11. The summed E-state index contributed by atoms with van der Waals surface area (Å²) in [6.45, 7) is 1.15. The molecule has 6 nitrogen and oxygen atoms in total. The highest BCUT2D eigenvalue weighted by Gasteiger charge is 2.27. The van der Waals surface area contributed by atoms with E-state index in [0.29, 0.717) is 39.7 Å². The average Bonchev–Trinajstić information content (AvgIpc) is 3.16. The summed E-state index contributed by atoms with van der Waals surface area (Å²) < 4.78 is 6.08. The number of furan rings is 1. The topological polar surface area (TPSA) is 82.8 Å². The van der Waals surface area contributed by atoms with Crippen molar-refractivity contribution in [2.45, 2.75) is 18.9 Å². The van der Waals surface area contributed by atoms with Crippen molar-refractivity contribution in [2.24, 2.45) is 0 Å². The van der Waals surface area contributed by atoms with Gasteiger partial charge in [0.15, 0.2) is 0 Å². The zero-order chi connectivity index (χ0) is 21.4. The monoisotopic (exact) mass is 510 g/mol. The summed E-state index contributed by atoms with van der Waals surface area (Å²) >= 11 is 15.9. The van der Waals surface area contributed by atoms with E-state index in [1.807, 2.05) is 6.07 Å². The number of carbonyl (C=O) groups is 2. The first-order valence-electron chi connectivity index (χ1n) is 9.30. The Kier molecular flexibility index (Phi) is 5.95. The molecule has 156 valence electrons. The molecular formula is C21H17BrCl2N2O4. The fourth-order valence-electron chi connectivity index (χ4n) is 3.60. The Morgan fingerprint density at radius 1 is 1.13 bits per heavy atom. The van der Waals surface area contributed by atoms with Gasteiger partial charge in [0.1, 0.15) is 5.58 Å². The molecular weight excluding hydrogens is 495 g/mol. The van der Waals surface area contributed by atoms with E-state index in [-0.39, 0.29) is 17.7 Å². The molecule has 0 bridgehead atoms. The summed E-state index contributed by atoms with van der Waals surface area (Å²) in [6, 6.07) is 10.3. The number of nitrogens with zero attached hydrogens (tertiary/aromatic N) is 1. The maximum absolute atomic E-state index is 12.8. The Morgan fingerprint density at radius 2 is 1.80 bits per heavy atom. The van der Waals surface area contributed by atoms with Crippen LogP contribution in [0.2, 0.25) is 10.0 Å². The summed E-state index contributed by atoms with van der Waals surface area (Å²) in [6.07, 6.45) is 1.51. The Morgan fingerprint density at radius 3 is 2.43 bits per heavy atom. The van der Waals surface area contributed by atoms with Crippen LogP contribution in [0.5, 0.6) is 0 Å². The number of benzene rings is 2. The number of carboxylic acid groups (broad SMARTS) is 1. The minimum absolute atomic E-state index is 0.104. The molecule has 0 radical (unpaired) electrons. The van der Waals surface area contributed by atoms with Crippen molar-refractivity contribution in [1.82, 2.24) is 4.90 Å². The molecule has 2 aromatic carbocycles. The van der Waals surface area contributed by atoms with Gasteiger partial charge in [-0.15, -0.1) is 0 Å². The van der Waals surface area contributed by atoms with Crippen LogP contribution in [0.15, 0.2) is 45.3 Å². The highest BCUT2D eigenvalue weighted by Crippen LogP contribution is 2.35. The molecule has 0 atom stereocenters.